The topological polar surface area (TPSA) is 30.9 Å². The van der Waals surface area contributed by atoms with Gasteiger partial charge in [-0.25, -0.2) is 0 Å². The van der Waals surface area contributed by atoms with E-state index in [-0.39, 0.29) is 6.04 Å². The Balaban J connectivity index is 1.33. The number of nitrogens with zero attached hydrogens (tertiary/aromatic N) is 1. The molecule has 37 heavy (non-hydrogen) atoms. The minimum atomic E-state index is 0.287. The van der Waals surface area contributed by atoms with Gasteiger partial charge in [-0.15, -0.1) is 0 Å². The zero-order chi connectivity index (χ0) is 25.5. The van der Waals surface area contributed by atoms with E-state index in [0.29, 0.717) is 13.2 Å². The zero-order valence-corrected chi connectivity index (χ0v) is 21.7. The Kier molecular flexibility index (Phi) is 8.07. The third kappa shape index (κ3) is 6.15. The van der Waals surface area contributed by atoms with Crippen molar-refractivity contribution in [2.75, 3.05) is 20.2 Å². The average Bonchev–Trinajstić information content (AvgIpc) is 2.96. The Morgan fingerprint density at radius 1 is 0.730 bits per heavy atom. The van der Waals surface area contributed by atoms with Crippen LogP contribution in [-0.4, -0.2) is 25.1 Å². The summed E-state index contributed by atoms with van der Waals surface area (Å²) < 4.78 is 18.0. The fourth-order valence-electron chi connectivity index (χ4n) is 5.07. The van der Waals surface area contributed by atoms with Crippen LogP contribution in [-0.2, 0) is 26.1 Å². The number of ether oxygens (including phenoxy) is 3. The molecule has 0 saturated carbocycles. The second-order valence-corrected chi connectivity index (χ2v) is 9.49. The fraction of sp³-hybridized carbons (Fsp3) is 0.273. The number of methoxy groups -OCH3 is 1. The normalized spacial score (nSPS) is 15.1. The molecular formula is C33H35NO3. The largest absolute Gasteiger partial charge is 0.493 e. The standard InChI is InChI=1S/C33H35NO3/c1-3-34-19-18-28-21-32(35-2)33(37-24-27-12-8-5-9-13-27)22-30(28)31(34)20-25-14-16-29(17-15-25)36-23-26-10-6-4-7-11-26/h4-17,21-22,31H,3,18-20,23-24H2,1-2H3. The molecule has 5 rings (SSSR count). The second-order valence-electron chi connectivity index (χ2n) is 9.49. The molecule has 4 heteroatoms. The lowest BCUT2D eigenvalue weighted by Gasteiger charge is -2.37. The zero-order valence-electron chi connectivity index (χ0n) is 21.7. The van der Waals surface area contributed by atoms with Crippen molar-refractivity contribution in [1.82, 2.24) is 4.90 Å². The number of likely N-dealkylation sites (N-methyl/N-ethyl adjacent to an activating group) is 1. The molecule has 1 heterocycles. The predicted octanol–water partition coefficient (Wildman–Crippen LogP) is 7.02. The number of rotatable bonds is 10. The number of hydrogen-bond donors (Lipinski definition) is 0. The van der Waals surface area contributed by atoms with Gasteiger partial charge >= 0.3 is 0 Å². The summed E-state index contributed by atoms with van der Waals surface area (Å²) in [6.07, 6.45) is 1.95. The lowest BCUT2D eigenvalue weighted by molar-refractivity contribution is 0.192. The van der Waals surface area contributed by atoms with Crippen LogP contribution >= 0.6 is 0 Å². The summed E-state index contributed by atoms with van der Waals surface area (Å²) >= 11 is 0. The molecule has 0 amide bonds. The highest BCUT2D eigenvalue weighted by molar-refractivity contribution is 5.50. The minimum Gasteiger partial charge on any atom is -0.493 e. The van der Waals surface area contributed by atoms with Gasteiger partial charge in [-0.05, 0) is 71.5 Å². The van der Waals surface area contributed by atoms with Crippen LogP contribution < -0.4 is 14.2 Å². The van der Waals surface area contributed by atoms with Crippen molar-refractivity contribution in [3.63, 3.8) is 0 Å². The smallest absolute Gasteiger partial charge is 0.162 e. The molecule has 1 atom stereocenters. The molecule has 0 N–H and O–H groups in total. The summed E-state index contributed by atoms with van der Waals surface area (Å²) in [5, 5.41) is 0. The van der Waals surface area contributed by atoms with Crippen molar-refractivity contribution in [1.29, 1.82) is 0 Å². The highest BCUT2D eigenvalue weighted by Crippen LogP contribution is 2.40. The van der Waals surface area contributed by atoms with Crippen molar-refractivity contribution >= 4 is 0 Å². The molecule has 0 bridgehead atoms. The quantitative estimate of drug-likeness (QED) is 0.238. The molecule has 0 saturated heterocycles. The third-order valence-electron chi connectivity index (χ3n) is 7.14. The maximum atomic E-state index is 6.27. The van der Waals surface area contributed by atoms with Crippen LogP contribution in [0.25, 0.3) is 0 Å². The highest BCUT2D eigenvalue weighted by atomic mass is 16.5. The van der Waals surface area contributed by atoms with Crippen molar-refractivity contribution in [3.05, 3.63) is 125 Å². The Labute approximate surface area is 220 Å². The first kappa shape index (κ1) is 24.9. The molecule has 4 nitrogen and oxygen atoms in total. The van der Waals surface area contributed by atoms with Gasteiger partial charge in [-0.1, -0.05) is 79.7 Å². The molecular weight excluding hydrogens is 458 g/mol. The van der Waals surface area contributed by atoms with Gasteiger partial charge < -0.3 is 14.2 Å². The van der Waals surface area contributed by atoms with Crippen LogP contribution in [0.15, 0.2) is 97.1 Å². The minimum absolute atomic E-state index is 0.287. The van der Waals surface area contributed by atoms with Crippen LogP contribution in [0, 0.1) is 0 Å². The molecule has 0 spiro atoms. The van der Waals surface area contributed by atoms with Gasteiger partial charge in [-0.3, -0.25) is 4.90 Å². The molecule has 0 aliphatic carbocycles. The number of hydrogen-bond acceptors (Lipinski definition) is 4. The van der Waals surface area contributed by atoms with Crippen molar-refractivity contribution in [2.45, 2.75) is 39.0 Å². The number of fused-ring (bicyclic) bond motifs is 1. The van der Waals surface area contributed by atoms with Gasteiger partial charge in [0.25, 0.3) is 0 Å². The van der Waals surface area contributed by atoms with Gasteiger partial charge in [0.2, 0.25) is 0 Å². The predicted molar refractivity (Wildman–Crippen MR) is 148 cm³/mol. The van der Waals surface area contributed by atoms with E-state index < -0.39 is 0 Å². The first-order valence-electron chi connectivity index (χ1n) is 13.1. The van der Waals surface area contributed by atoms with E-state index in [1.807, 2.05) is 36.4 Å². The molecule has 1 aliphatic rings. The summed E-state index contributed by atoms with van der Waals surface area (Å²) in [4.78, 5) is 2.57. The van der Waals surface area contributed by atoms with E-state index in [4.69, 9.17) is 14.2 Å². The Hall–Kier alpha value is -3.76. The maximum Gasteiger partial charge on any atom is 0.162 e. The van der Waals surface area contributed by atoms with Crippen LogP contribution in [0.5, 0.6) is 17.2 Å². The average molecular weight is 494 g/mol. The molecule has 0 fully saturated rings. The molecule has 1 unspecified atom stereocenters. The Morgan fingerprint density at radius 3 is 2.00 bits per heavy atom. The van der Waals surface area contributed by atoms with Crippen molar-refractivity contribution < 1.29 is 14.2 Å². The first-order valence-corrected chi connectivity index (χ1v) is 13.1. The lowest BCUT2D eigenvalue weighted by Crippen LogP contribution is -2.36. The van der Waals surface area contributed by atoms with Gasteiger partial charge in [0.05, 0.1) is 7.11 Å². The summed E-state index contributed by atoms with van der Waals surface area (Å²) in [5.74, 6) is 2.50. The summed E-state index contributed by atoms with van der Waals surface area (Å²) in [6.45, 7) is 5.39. The Bertz CT molecular complexity index is 1270. The SMILES string of the molecule is CCN1CCc2cc(OC)c(OCc3ccccc3)cc2C1Cc1ccc(OCc2ccccc2)cc1. The Morgan fingerprint density at radius 2 is 1.38 bits per heavy atom. The first-order chi connectivity index (χ1) is 18.2. The van der Waals surface area contributed by atoms with Crippen LogP contribution in [0.1, 0.15) is 40.8 Å². The van der Waals surface area contributed by atoms with Gasteiger partial charge in [0.15, 0.2) is 11.5 Å². The van der Waals surface area contributed by atoms with Crippen LogP contribution in [0.3, 0.4) is 0 Å². The molecule has 190 valence electrons. The fourth-order valence-corrected chi connectivity index (χ4v) is 5.07. The number of benzene rings is 4. The highest BCUT2D eigenvalue weighted by Gasteiger charge is 2.28. The van der Waals surface area contributed by atoms with Crippen molar-refractivity contribution in [3.8, 4) is 17.2 Å². The van der Waals surface area contributed by atoms with Crippen molar-refractivity contribution in [2.24, 2.45) is 0 Å². The van der Waals surface area contributed by atoms with Crippen LogP contribution in [0.4, 0.5) is 0 Å². The molecule has 0 radical (unpaired) electrons. The lowest BCUT2D eigenvalue weighted by atomic mass is 9.88. The monoisotopic (exact) mass is 493 g/mol. The molecule has 0 aromatic heterocycles. The second kappa shape index (κ2) is 12.0. The van der Waals surface area contributed by atoms with E-state index >= 15 is 0 Å². The maximum absolute atomic E-state index is 6.27. The van der Waals surface area contributed by atoms with Gasteiger partial charge in [0, 0.05) is 12.6 Å². The van der Waals surface area contributed by atoms with Gasteiger partial charge in [0.1, 0.15) is 19.0 Å². The molecule has 4 aromatic rings. The third-order valence-corrected chi connectivity index (χ3v) is 7.14. The molecule has 1 aliphatic heterocycles. The summed E-state index contributed by atoms with van der Waals surface area (Å²) in [5.41, 5.74) is 6.29. The van der Waals surface area contributed by atoms with E-state index in [1.54, 1.807) is 7.11 Å². The molecule has 4 aromatic carbocycles. The summed E-state index contributed by atoms with van der Waals surface area (Å²) in [7, 11) is 1.72. The summed E-state index contributed by atoms with van der Waals surface area (Å²) in [6, 6.07) is 33.8. The van der Waals surface area contributed by atoms with E-state index in [0.717, 1.165) is 48.7 Å². The van der Waals surface area contributed by atoms with E-state index in [2.05, 4.69) is 72.5 Å². The van der Waals surface area contributed by atoms with E-state index in [1.165, 1.54) is 22.3 Å². The van der Waals surface area contributed by atoms with Gasteiger partial charge in [-0.2, -0.15) is 0 Å². The van der Waals surface area contributed by atoms with E-state index in [9.17, 15) is 0 Å². The van der Waals surface area contributed by atoms with Crippen LogP contribution in [0.2, 0.25) is 0 Å².